The maximum atomic E-state index is 11.6. The molecule has 0 aliphatic carbocycles. The van der Waals surface area contributed by atoms with E-state index in [1.807, 2.05) is 109 Å². The Morgan fingerprint density at radius 3 is 1.13 bits per heavy atom. The third kappa shape index (κ3) is 11.6. The Bertz CT molecular complexity index is 1710. The maximum absolute atomic E-state index is 11.6. The van der Waals surface area contributed by atoms with Crippen LogP contribution in [0.25, 0.3) is 0 Å². The molecule has 0 atom stereocenters. The van der Waals surface area contributed by atoms with E-state index in [0.29, 0.717) is 24.6 Å². The van der Waals surface area contributed by atoms with Crippen LogP contribution in [0.4, 0.5) is 11.4 Å². The number of para-hydroxylation sites is 4. The second kappa shape index (κ2) is 18.7. The number of hydrogen-bond acceptors (Lipinski definition) is 6. The van der Waals surface area contributed by atoms with Crippen molar-refractivity contribution in [2.45, 2.75) is 13.2 Å². The van der Waals surface area contributed by atoms with Crippen molar-refractivity contribution in [3.05, 3.63) is 180 Å². The monoisotopic (exact) mass is 718 g/mol. The van der Waals surface area contributed by atoms with E-state index in [1.54, 1.807) is 48.8 Å². The molecule has 228 valence electrons. The fourth-order valence-electron chi connectivity index (χ4n) is 4.20. The summed E-state index contributed by atoms with van der Waals surface area (Å²) >= 11 is 0. The van der Waals surface area contributed by atoms with Gasteiger partial charge in [-0.05, 0) is 82.9 Å². The van der Waals surface area contributed by atoms with Gasteiger partial charge in [0.1, 0.15) is 24.7 Å². The molecular weight excluding hydrogens is 685 g/mol. The van der Waals surface area contributed by atoms with Gasteiger partial charge in [0.05, 0.1) is 11.4 Å². The summed E-state index contributed by atoms with van der Waals surface area (Å²) in [4.78, 5) is 8.44. The van der Waals surface area contributed by atoms with Crippen molar-refractivity contribution in [2.24, 2.45) is 9.98 Å². The predicted octanol–water partition coefficient (Wildman–Crippen LogP) is 8.18. The minimum Gasteiger partial charge on any atom is -0.871 e. The van der Waals surface area contributed by atoms with Crippen molar-refractivity contribution >= 4 is 23.8 Å². The number of ether oxygens (including phenoxy) is 2. The van der Waals surface area contributed by atoms with Crippen LogP contribution in [0.5, 0.6) is 23.0 Å². The molecule has 6 rings (SSSR count). The number of aliphatic imine (C=N–C) groups is 2. The normalized spacial score (nSPS) is 10.6. The summed E-state index contributed by atoms with van der Waals surface area (Å²) in [7, 11) is 0. The third-order valence-corrected chi connectivity index (χ3v) is 6.69. The molecule has 6 aromatic rings. The minimum atomic E-state index is -0.0773. The quantitative estimate of drug-likeness (QED) is 0.106. The molecule has 0 saturated carbocycles. The zero-order valence-corrected chi connectivity index (χ0v) is 29.9. The van der Waals surface area contributed by atoms with E-state index in [0.717, 1.165) is 33.8 Å². The summed E-state index contributed by atoms with van der Waals surface area (Å²) in [5.74, 6) is 1.45. The Labute approximate surface area is 295 Å². The smallest absolute Gasteiger partial charge is 0.871 e. The predicted molar refractivity (Wildman–Crippen MR) is 181 cm³/mol. The van der Waals surface area contributed by atoms with Gasteiger partial charge in [0.25, 0.3) is 0 Å². The molecule has 0 aliphatic heterocycles. The van der Waals surface area contributed by atoms with Crippen LogP contribution in [-0.4, -0.2) is 12.4 Å². The van der Waals surface area contributed by atoms with Crippen LogP contribution in [0.1, 0.15) is 22.3 Å². The average molecular weight is 717 g/mol. The molecule has 0 bridgehead atoms. The van der Waals surface area contributed by atoms with E-state index < -0.39 is 0 Å². The summed E-state index contributed by atoms with van der Waals surface area (Å²) in [5, 5.41) is 23.2. The number of hydrogen-bond donors (Lipinski definition) is 0. The summed E-state index contributed by atoms with van der Waals surface area (Å²) in [6.45, 7) is 1.08. The van der Waals surface area contributed by atoms with Crippen molar-refractivity contribution < 1.29 is 47.0 Å². The molecule has 0 unspecified atom stereocenters. The Morgan fingerprint density at radius 1 is 0.426 bits per heavy atom. The fourth-order valence-corrected chi connectivity index (χ4v) is 4.20. The van der Waals surface area contributed by atoms with Crippen LogP contribution in [0.3, 0.4) is 0 Å². The molecule has 6 nitrogen and oxygen atoms in total. The van der Waals surface area contributed by atoms with Gasteiger partial charge < -0.3 is 19.7 Å². The van der Waals surface area contributed by atoms with E-state index in [4.69, 9.17) is 9.47 Å². The van der Waals surface area contributed by atoms with E-state index in [-0.39, 0.29) is 38.8 Å². The van der Waals surface area contributed by atoms with Gasteiger partial charge in [-0.1, -0.05) is 109 Å². The van der Waals surface area contributed by atoms with Gasteiger partial charge in [-0.3, -0.25) is 9.98 Å². The van der Waals surface area contributed by atoms with Crippen LogP contribution in [0, 0.1) is 0 Å². The van der Waals surface area contributed by atoms with E-state index in [1.165, 1.54) is 12.1 Å². The minimum absolute atomic E-state index is 0. The molecule has 0 N–H and O–H groups in total. The van der Waals surface area contributed by atoms with Crippen LogP contribution in [-0.2, 0) is 40.5 Å². The second-order valence-electron chi connectivity index (χ2n) is 10.1. The van der Waals surface area contributed by atoms with E-state index in [9.17, 15) is 10.2 Å². The van der Waals surface area contributed by atoms with Gasteiger partial charge in [0, 0.05) is 12.4 Å². The first-order chi connectivity index (χ1) is 22.6. The Kier molecular flexibility index (Phi) is 13.8. The molecule has 0 saturated heterocycles. The second-order valence-corrected chi connectivity index (χ2v) is 10.1. The summed E-state index contributed by atoms with van der Waals surface area (Å²) in [6, 6.07) is 48.7. The topological polar surface area (TPSA) is 89.3 Å². The zero-order valence-electron chi connectivity index (χ0n) is 25.8. The first-order valence-electron chi connectivity index (χ1n) is 14.8. The van der Waals surface area contributed by atoms with Crippen molar-refractivity contribution in [1.82, 2.24) is 0 Å². The number of rotatable bonds is 10. The van der Waals surface area contributed by atoms with Crippen molar-refractivity contribution in [1.29, 1.82) is 0 Å². The van der Waals surface area contributed by atoms with E-state index >= 15 is 0 Å². The third-order valence-electron chi connectivity index (χ3n) is 6.69. The van der Waals surface area contributed by atoms with Crippen molar-refractivity contribution in [2.75, 3.05) is 0 Å². The molecule has 0 spiro atoms. The SMILES string of the molecule is [Cd+2].[O-]c1ccccc1N=Cc1ccc(OCc2ccccc2)cc1.[O-]c1ccccc1N=Cc1ccc(OCc2ccccc2)cc1. The van der Waals surface area contributed by atoms with Gasteiger partial charge in [-0.25, -0.2) is 0 Å². The van der Waals surface area contributed by atoms with Gasteiger partial charge in [0.15, 0.2) is 0 Å². The average Bonchev–Trinajstić information content (AvgIpc) is 3.11. The Balaban J connectivity index is 0.000000208. The van der Waals surface area contributed by atoms with Crippen LogP contribution < -0.4 is 19.7 Å². The molecule has 7 heteroatoms. The zero-order chi connectivity index (χ0) is 31.8. The molecule has 0 heterocycles. The van der Waals surface area contributed by atoms with Gasteiger partial charge in [-0.15, -0.1) is 0 Å². The molecule has 0 fully saturated rings. The molecule has 0 radical (unpaired) electrons. The Morgan fingerprint density at radius 2 is 0.766 bits per heavy atom. The molecule has 0 aliphatic rings. The molecular formula is C40H32CdN2O4. The first kappa shape index (κ1) is 34.7. The standard InChI is InChI=1S/2C20H17NO2.Cd/c2*22-20-9-5-4-8-19(20)21-14-16-10-12-18(13-11-16)23-15-17-6-2-1-3-7-17;/h2*1-14,22H,15H2;/q;;+2/p-2. The molecule has 47 heavy (non-hydrogen) atoms. The summed E-state index contributed by atoms with van der Waals surface area (Å²) < 4.78 is 11.5. The Hall–Kier alpha value is -5.22. The van der Waals surface area contributed by atoms with Crippen LogP contribution in [0.15, 0.2) is 168 Å². The van der Waals surface area contributed by atoms with E-state index in [2.05, 4.69) is 9.98 Å². The molecule has 6 aromatic carbocycles. The number of benzene rings is 6. The number of nitrogens with zero attached hydrogens (tertiary/aromatic N) is 2. The largest absolute Gasteiger partial charge is 2.00 e. The molecule has 0 aromatic heterocycles. The fraction of sp³-hybridized carbons (Fsp3) is 0.0500. The van der Waals surface area contributed by atoms with Crippen molar-refractivity contribution in [3.63, 3.8) is 0 Å². The van der Waals surface area contributed by atoms with Gasteiger partial charge >= 0.3 is 27.3 Å². The summed E-state index contributed by atoms with van der Waals surface area (Å²) in [6.07, 6.45) is 3.36. The van der Waals surface area contributed by atoms with Gasteiger partial charge in [-0.2, -0.15) is 0 Å². The molecule has 0 amide bonds. The first-order valence-corrected chi connectivity index (χ1v) is 14.8. The van der Waals surface area contributed by atoms with Crippen LogP contribution >= 0.6 is 0 Å². The summed E-state index contributed by atoms with van der Waals surface area (Å²) in [5.41, 5.74) is 4.98. The maximum Gasteiger partial charge on any atom is 2.00 e. The van der Waals surface area contributed by atoms with Gasteiger partial charge in [0.2, 0.25) is 0 Å². The van der Waals surface area contributed by atoms with Crippen molar-refractivity contribution in [3.8, 4) is 23.0 Å². The van der Waals surface area contributed by atoms with Crippen LogP contribution in [0.2, 0.25) is 0 Å².